The Hall–Kier alpha value is -0.840. The number of carbonyl (C=O) groups excluding carboxylic acids is 1. The van der Waals surface area contributed by atoms with E-state index in [1.807, 2.05) is 24.0 Å². The van der Waals surface area contributed by atoms with Gasteiger partial charge in [0, 0.05) is 36.9 Å². The molecule has 0 radical (unpaired) electrons. The van der Waals surface area contributed by atoms with Gasteiger partial charge in [-0.3, -0.25) is 9.78 Å². The maximum Gasteiger partial charge on any atom is 0.255 e. The Bertz CT molecular complexity index is 475. The predicted molar refractivity (Wildman–Crippen MR) is 83.9 cm³/mol. The van der Waals surface area contributed by atoms with E-state index in [0.29, 0.717) is 5.41 Å². The molecule has 6 heteroatoms. The first kappa shape index (κ1) is 17.2. The lowest BCUT2D eigenvalue weighted by molar-refractivity contribution is 0.0774. The molecule has 20 heavy (non-hydrogen) atoms. The highest BCUT2D eigenvalue weighted by atomic mass is 35.5. The highest BCUT2D eigenvalue weighted by molar-refractivity contribution is 5.95. The van der Waals surface area contributed by atoms with E-state index in [9.17, 15) is 4.79 Å². The Balaban J connectivity index is 0.000001000. The molecule has 3 heterocycles. The predicted octanol–water partition coefficient (Wildman–Crippen LogP) is 2.06. The quantitative estimate of drug-likeness (QED) is 0.862. The summed E-state index contributed by atoms with van der Waals surface area (Å²) in [5.41, 5.74) is 1.92. The van der Waals surface area contributed by atoms with Gasteiger partial charge in [0.05, 0.1) is 5.56 Å². The van der Waals surface area contributed by atoms with Gasteiger partial charge >= 0.3 is 0 Å². The van der Waals surface area contributed by atoms with Crippen LogP contribution in [0.4, 0.5) is 0 Å². The molecule has 1 amide bonds. The first-order valence-electron chi connectivity index (χ1n) is 6.62. The molecule has 1 aromatic heterocycles. The zero-order valence-corrected chi connectivity index (χ0v) is 13.2. The summed E-state index contributed by atoms with van der Waals surface area (Å²) in [6, 6.07) is 3.71. The number of likely N-dealkylation sites (tertiary alicyclic amines) is 1. The topological polar surface area (TPSA) is 45.2 Å². The fraction of sp³-hybridized carbons (Fsp3) is 0.571. The lowest BCUT2D eigenvalue weighted by atomic mass is 9.86. The van der Waals surface area contributed by atoms with Crippen LogP contribution in [0.1, 0.15) is 28.9 Å². The molecule has 1 aromatic rings. The number of hydrogen-bond acceptors (Lipinski definition) is 3. The molecule has 0 aromatic carbocycles. The van der Waals surface area contributed by atoms with E-state index < -0.39 is 0 Å². The molecule has 3 rings (SSSR count). The number of aryl methyl sites for hydroxylation is 1. The minimum atomic E-state index is 0. The van der Waals surface area contributed by atoms with Crippen LogP contribution in [0.3, 0.4) is 0 Å². The molecule has 1 N–H and O–H groups in total. The first-order chi connectivity index (χ1) is 8.70. The third-order valence-corrected chi connectivity index (χ3v) is 4.29. The van der Waals surface area contributed by atoms with Crippen molar-refractivity contribution < 1.29 is 4.79 Å². The number of aromatic nitrogens is 1. The number of pyridine rings is 1. The second-order valence-corrected chi connectivity index (χ2v) is 5.54. The Morgan fingerprint density at radius 3 is 2.85 bits per heavy atom. The maximum absolute atomic E-state index is 12.5. The minimum Gasteiger partial charge on any atom is -0.338 e. The maximum atomic E-state index is 12.5. The largest absolute Gasteiger partial charge is 0.338 e. The number of amides is 1. The molecule has 0 aliphatic carbocycles. The Morgan fingerprint density at radius 1 is 1.40 bits per heavy atom. The number of halogens is 2. The van der Waals surface area contributed by atoms with Gasteiger partial charge in [-0.25, -0.2) is 0 Å². The lowest BCUT2D eigenvalue weighted by Crippen LogP contribution is -2.33. The summed E-state index contributed by atoms with van der Waals surface area (Å²) >= 11 is 0. The summed E-state index contributed by atoms with van der Waals surface area (Å²) in [6.45, 7) is 5.83. The van der Waals surface area contributed by atoms with Crippen LogP contribution in [0, 0.1) is 12.3 Å². The van der Waals surface area contributed by atoms with Gasteiger partial charge in [0.15, 0.2) is 0 Å². The van der Waals surface area contributed by atoms with Gasteiger partial charge in [0.25, 0.3) is 5.91 Å². The summed E-state index contributed by atoms with van der Waals surface area (Å²) in [4.78, 5) is 18.7. The van der Waals surface area contributed by atoms with Crippen molar-refractivity contribution in [2.45, 2.75) is 19.8 Å². The van der Waals surface area contributed by atoms with Gasteiger partial charge in [-0.15, -0.1) is 24.8 Å². The van der Waals surface area contributed by atoms with Crippen molar-refractivity contribution in [3.8, 4) is 0 Å². The van der Waals surface area contributed by atoms with E-state index in [1.54, 1.807) is 6.20 Å². The lowest BCUT2D eigenvalue weighted by Gasteiger charge is -2.23. The Labute approximate surface area is 132 Å². The van der Waals surface area contributed by atoms with Gasteiger partial charge in [-0.05, 0) is 38.4 Å². The molecule has 2 aliphatic rings. The standard InChI is InChI=1S/C14H19N3O.2ClH/c1-11-12(3-2-6-16-11)13(18)17-8-5-14(10-17)4-7-15-9-14;;/h2-3,6,15H,4-5,7-10H2,1H3;2*1H. The molecule has 2 saturated heterocycles. The Morgan fingerprint density at radius 2 is 2.20 bits per heavy atom. The van der Waals surface area contributed by atoms with Crippen molar-refractivity contribution in [1.82, 2.24) is 15.2 Å². The highest BCUT2D eigenvalue weighted by Crippen LogP contribution is 2.36. The molecular weight excluding hydrogens is 297 g/mol. The molecule has 1 atom stereocenters. The average molecular weight is 318 g/mol. The zero-order valence-electron chi connectivity index (χ0n) is 11.6. The van der Waals surface area contributed by atoms with Crippen LogP contribution in [0.5, 0.6) is 0 Å². The van der Waals surface area contributed by atoms with Crippen LogP contribution < -0.4 is 5.32 Å². The van der Waals surface area contributed by atoms with E-state index in [4.69, 9.17) is 0 Å². The van der Waals surface area contributed by atoms with Crippen LogP contribution in [0.15, 0.2) is 18.3 Å². The summed E-state index contributed by atoms with van der Waals surface area (Å²) in [7, 11) is 0. The molecular formula is C14H21Cl2N3O. The monoisotopic (exact) mass is 317 g/mol. The van der Waals surface area contributed by atoms with Gasteiger partial charge < -0.3 is 10.2 Å². The highest BCUT2D eigenvalue weighted by Gasteiger charge is 2.42. The number of nitrogens with zero attached hydrogens (tertiary/aromatic N) is 2. The third kappa shape index (κ3) is 3.08. The third-order valence-electron chi connectivity index (χ3n) is 4.29. The number of carbonyl (C=O) groups is 1. The fourth-order valence-electron chi connectivity index (χ4n) is 3.13. The van der Waals surface area contributed by atoms with Crippen LogP contribution in [-0.2, 0) is 0 Å². The van der Waals surface area contributed by atoms with Crippen molar-refractivity contribution in [3.05, 3.63) is 29.6 Å². The van der Waals surface area contributed by atoms with Crippen LogP contribution in [0.25, 0.3) is 0 Å². The fourth-order valence-corrected chi connectivity index (χ4v) is 3.13. The van der Waals surface area contributed by atoms with Gasteiger partial charge in [-0.1, -0.05) is 0 Å². The van der Waals surface area contributed by atoms with Crippen LogP contribution >= 0.6 is 24.8 Å². The van der Waals surface area contributed by atoms with Crippen LogP contribution in [0.2, 0.25) is 0 Å². The molecule has 0 saturated carbocycles. The van der Waals surface area contributed by atoms with Gasteiger partial charge in [0.1, 0.15) is 0 Å². The summed E-state index contributed by atoms with van der Waals surface area (Å²) in [5.74, 6) is 0.143. The molecule has 2 fully saturated rings. The normalized spacial score (nSPS) is 24.4. The second-order valence-electron chi connectivity index (χ2n) is 5.54. The summed E-state index contributed by atoms with van der Waals surface area (Å²) in [6.07, 6.45) is 4.06. The molecule has 2 aliphatic heterocycles. The van der Waals surface area contributed by atoms with Crippen molar-refractivity contribution in [2.24, 2.45) is 5.41 Å². The number of nitrogens with one attached hydrogen (secondary N) is 1. The molecule has 1 unspecified atom stereocenters. The molecule has 4 nitrogen and oxygen atoms in total. The van der Waals surface area contributed by atoms with E-state index in [2.05, 4.69) is 10.3 Å². The van der Waals surface area contributed by atoms with E-state index in [0.717, 1.165) is 43.9 Å². The van der Waals surface area contributed by atoms with E-state index in [1.165, 1.54) is 6.42 Å². The van der Waals surface area contributed by atoms with E-state index >= 15 is 0 Å². The smallest absolute Gasteiger partial charge is 0.255 e. The van der Waals surface area contributed by atoms with E-state index in [-0.39, 0.29) is 30.7 Å². The van der Waals surface area contributed by atoms with Crippen LogP contribution in [-0.4, -0.2) is 42.0 Å². The van der Waals surface area contributed by atoms with Crippen molar-refractivity contribution >= 4 is 30.7 Å². The van der Waals surface area contributed by atoms with Crippen molar-refractivity contribution in [1.29, 1.82) is 0 Å². The minimum absolute atomic E-state index is 0. The molecule has 0 bridgehead atoms. The zero-order chi connectivity index (χ0) is 12.6. The van der Waals surface area contributed by atoms with Crippen molar-refractivity contribution in [3.63, 3.8) is 0 Å². The SMILES string of the molecule is Cc1ncccc1C(=O)N1CCC2(CCNC2)C1.Cl.Cl. The van der Waals surface area contributed by atoms with Crippen molar-refractivity contribution in [2.75, 3.05) is 26.2 Å². The molecule has 112 valence electrons. The second kappa shape index (κ2) is 6.74. The number of rotatable bonds is 1. The summed E-state index contributed by atoms with van der Waals surface area (Å²) < 4.78 is 0. The Kier molecular flexibility index (Phi) is 5.80. The molecule has 1 spiro atoms. The van der Waals surface area contributed by atoms with Gasteiger partial charge in [-0.2, -0.15) is 0 Å². The summed E-state index contributed by atoms with van der Waals surface area (Å²) in [5, 5.41) is 3.42. The number of hydrogen-bond donors (Lipinski definition) is 1. The first-order valence-corrected chi connectivity index (χ1v) is 6.62. The average Bonchev–Trinajstić information content (AvgIpc) is 3.00. The van der Waals surface area contributed by atoms with Gasteiger partial charge in [0.2, 0.25) is 0 Å².